The third kappa shape index (κ3) is 3.56. The molecule has 0 radical (unpaired) electrons. The lowest BCUT2D eigenvalue weighted by atomic mass is 9.80. The molecule has 5 aromatic rings. The van der Waals surface area contributed by atoms with Gasteiger partial charge in [0.1, 0.15) is 12.1 Å². The summed E-state index contributed by atoms with van der Waals surface area (Å²) in [5.41, 5.74) is 4.21. The normalized spacial score (nSPS) is 15.3. The number of aldehydes is 1. The second-order valence-corrected chi connectivity index (χ2v) is 8.28. The van der Waals surface area contributed by atoms with Crippen LogP contribution in [0.1, 0.15) is 40.7 Å². The number of carbonyl (C=O) groups excluding carboxylic acids is 2. The maximum atomic E-state index is 11.9. The Morgan fingerprint density at radius 3 is 2.50 bits per heavy atom. The van der Waals surface area contributed by atoms with E-state index in [1.54, 1.807) is 12.3 Å². The first-order valence-electron chi connectivity index (χ1n) is 10.9. The topological polar surface area (TPSA) is 47.0 Å². The van der Waals surface area contributed by atoms with E-state index in [0.717, 1.165) is 23.6 Å². The first kappa shape index (κ1) is 20.1. The van der Waals surface area contributed by atoms with Crippen molar-refractivity contribution >= 4 is 44.5 Å². The summed E-state index contributed by atoms with van der Waals surface area (Å²) in [7, 11) is 0. The van der Waals surface area contributed by atoms with Gasteiger partial charge in [0.05, 0.1) is 5.52 Å². The summed E-state index contributed by atoms with van der Waals surface area (Å²) < 4.78 is 0. The molecule has 0 spiro atoms. The largest absolute Gasteiger partial charge is 0.299 e. The molecule has 0 bridgehead atoms. The summed E-state index contributed by atoms with van der Waals surface area (Å²) in [5.74, 6) is 0.423. The molecule has 0 amide bonds. The number of carbonyl (C=O) groups is 2. The minimum absolute atomic E-state index is 0.0506. The Labute approximate surface area is 186 Å². The monoisotopic (exact) mass is 417 g/mol. The number of rotatable bonds is 1. The number of hydrogen-bond donors (Lipinski definition) is 0. The van der Waals surface area contributed by atoms with Crippen LogP contribution in [0.5, 0.6) is 0 Å². The molecule has 1 aliphatic carbocycles. The van der Waals surface area contributed by atoms with E-state index in [-0.39, 0.29) is 5.92 Å². The highest BCUT2D eigenvalue weighted by Crippen LogP contribution is 2.36. The second kappa shape index (κ2) is 8.35. The van der Waals surface area contributed by atoms with Gasteiger partial charge in [0.2, 0.25) is 0 Å². The predicted octanol–water partition coefficient (Wildman–Crippen LogP) is 6.66. The van der Waals surface area contributed by atoms with Crippen LogP contribution < -0.4 is 0 Å². The Morgan fingerprint density at radius 1 is 0.812 bits per heavy atom. The van der Waals surface area contributed by atoms with Gasteiger partial charge in [-0.2, -0.15) is 0 Å². The molecule has 1 atom stereocenters. The standard InChI is InChI=1S/C19H16O.C10H7NO/c1-12-14-8-9-17-15-5-3-2-4-13(15)6-7-18(17)16(14)10-11-19(12)20;12-7-8-3-4-10-9(6-8)2-1-5-11-10/h2-9,12H,10-11H2,1H3;1-7H. The van der Waals surface area contributed by atoms with E-state index < -0.39 is 0 Å². The third-order valence-electron chi connectivity index (χ3n) is 6.41. The SMILES string of the molecule is CC1C(=O)CCc2c1ccc1c2ccc2ccccc21.O=Cc1ccc2ncccc2c1. The fraction of sp³-hybridized carbons (Fsp3) is 0.138. The van der Waals surface area contributed by atoms with Crippen molar-refractivity contribution in [1.82, 2.24) is 4.98 Å². The molecule has 6 rings (SSSR count). The van der Waals surface area contributed by atoms with Crippen molar-refractivity contribution in [3.05, 3.63) is 102 Å². The number of benzene rings is 4. The van der Waals surface area contributed by atoms with Crippen LogP contribution in [0.2, 0.25) is 0 Å². The molecule has 0 fully saturated rings. The fourth-order valence-corrected chi connectivity index (χ4v) is 4.66. The van der Waals surface area contributed by atoms with Crippen molar-refractivity contribution in [3.8, 4) is 0 Å². The van der Waals surface area contributed by atoms with Gasteiger partial charge in [0.15, 0.2) is 0 Å². The molecule has 1 unspecified atom stereocenters. The molecule has 3 nitrogen and oxygen atoms in total. The molecule has 1 heterocycles. The number of pyridine rings is 1. The maximum absolute atomic E-state index is 11.9. The van der Waals surface area contributed by atoms with E-state index in [1.807, 2.05) is 31.2 Å². The lowest BCUT2D eigenvalue weighted by Gasteiger charge is -2.23. The molecule has 32 heavy (non-hydrogen) atoms. The second-order valence-electron chi connectivity index (χ2n) is 8.28. The quantitative estimate of drug-likeness (QED) is 0.226. The summed E-state index contributed by atoms with van der Waals surface area (Å²) in [4.78, 5) is 26.5. The van der Waals surface area contributed by atoms with Crippen LogP contribution in [0.4, 0.5) is 0 Å². The van der Waals surface area contributed by atoms with Gasteiger partial charge in [0.25, 0.3) is 0 Å². The number of nitrogens with zero attached hydrogens (tertiary/aromatic N) is 1. The number of hydrogen-bond acceptors (Lipinski definition) is 3. The highest BCUT2D eigenvalue weighted by molar-refractivity contribution is 6.09. The molecule has 1 aromatic heterocycles. The Balaban J connectivity index is 0.000000154. The van der Waals surface area contributed by atoms with E-state index in [4.69, 9.17) is 0 Å². The van der Waals surface area contributed by atoms with E-state index in [1.165, 1.54) is 32.7 Å². The number of ketones is 1. The van der Waals surface area contributed by atoms with E-state index in [2.05, 4.69) is 53.5 Å². The van der Waals surface area contributed by atoms with E-state index in [0.29, 0.717) is 17.8 Å². The van der Waals surface area contributed by atoms with Crippen LogP contribution in [0.15, 0.2) is 85.1 Å². The Morgan fingerprint density at radius 2 is 1.62 bits per heavy atom. The van der Waals surface area contributed by atoms with Crippen LogP contribution in [0.3, 0.4) is 0 Å². The molecule has 3 heteroatoms. The van der Waals surface area contributed by atoms with Gasteiger partial charge in [-0.15, -0.1) is 0 Å². The van der Waals surface area contributed by atoms with Gasteiger partial charge in [-0.3, -0.25) is 14.6 Å². The minimum atomic E-state index is 0.0506. The minimum Gasteiger partial charge on any atom is -0.299 e. The summed E-state index contributed by atoms with van der Waals surface area (Å²) in [5, 5.41) is 6.21. The molecule has 0 N–H and O–H groups in total. The van der Waals surface area contributed by atoms with Gasteiger partial charge in [-0.25, -0.2) is 0 Å². The average Bonchev–Trinajstić information content (AvgIpc) is 2.86. The highest BCUT2D eigenvalue weighted by Gasteiger charge is 2.25. The van der Waals surface area contributed by atoms with Crippen LogP contribution in [-0.2, 0) is 11.2 Å². The van der Waals surface area contributed by atoms with Gasteiger partial charge >= 0.3 is 0 Å². The Hall–Kier alpha value is -3.85. The number of aromatic nitrogens is 1. The Bertz CT molecular complexity index is 1490. The number of fused-ring (bicyclic) bond motifs is 6. The zero-order chi connectivity index (χ0) is 22.1. The first-order valence-corrected chi connectivity index (χ1v) is 10.9. The van der Waals surface area contributed by atoms with Gasteiger partial charge in [-0.05, 0) is 63.4 Å². The van der Waals surface area contributed by atoms with Crippen molar-refractivity contribution in [2.24, 2.45) is 0 Å². The molecule has 0 saturated heterocycles. The predicted molar refractivity (Wildman–Crippen MR) is 130 cm³/mol. The Kier molecular flexibility index (Phi) is 5.24. The summed E-state index contributed by atoms with van der Waals surface area (Å²) in [6, 6.07) is 26.5. The van der Waals surface area contributed by atoms with E-state index >= 15 is 0 Å². The molecular formula is C29H23NO2. The van der Waals surface area contributed by atoms with Crippen molar-refractivity contribution < 1.29 is 9.59 Å². The molecular weight excluding hydrogens is 394 g/mol. The van der Waals surface area contributed by atoms with Crippen molar-refractivity contribution in [3.63, 3.8) is 0 Å². The molecule has 0 saturated carbocycles. The van der Waals surface area contributed by atoms with Crippen LogP contribution >= 0.6 is 0 Å². The smallest absolute Gasteiger partial charge is 0.150 e. The molecule has 1 aliphatic rings. The third-order valence-corrected chi connectivity index (χ3v) is 6.41. The summed E-state index contributed by atoms with van der Waals surface area (Å²) in [6.07, 6.45) is 4.14. The van der Waals surface area contributed by atoms with E-state index in [9.17, 15) is 9.59 Å². The zero-order valence-corrected chi connectivity index (χ0v) is 17.9. The van der Waals surface area contributed by atoms with Crippen LogP contribution in [-0.4, -0.2) is 17.1 Å². The molecule has 0 aliphatic heterocycles. The lowest BCUT2D eigenvalue weighted by Crippen LogP contribution is -2.18. The average molecular weight is 418 g/mol. The van der Waals surface area contributed by atoms with Crippen molar-refractivity contribution in [2.75, 3.05) is 0 Å². The highest BCUT2D eigenvalue weighted by atomic mass is 16.1. The van der Waals surface area contributed by atoms with Crippen molar-refractivity contribution in [1.29, 1.82) is 0 Å². The molecule has 4 aromatic carbocycles. The summed E-state index contributed by atoms with van der Waals surface area (Å²) in [6.45, 7) is 2.03. The van der Waals surface area contributed by atoms with Crippen LogP contribution in [0.25, 0.3) is 32.4 Å². The number of Topliss-reactive ketones (excluding diaryl/α,β-unsaturated/α-hetero) is 1. The van der Waals surface area contributed by atoms with Crippen molar-refractivity contribution in [2.45, 2.75) is 25.7 Å². The lowest BCUT2D eigenvalue weighted by molar-refractivity contribution is -0.120. The number of aryl methyl sites for hydroxylation is 1. The molecule has 156 valence electrons. The van der Waals surface area contributed by atoms with Gasteiger partial charge in [-0.1, -0.05) is 61.5 Å². The first-order chi connectivity index (χ1) is 15.7. The maximum Gasteiger partial charge on any atom is 0.150 e. The van der Waals surface area contributed by atoms with Gasteiger partial charge in [0, 0.05) is 29.5 Å². The fourth-order valence-electron chi connectivity index (χ4n) is 4.66. The van der Waals surface area contributed by atoms with Crippen LogP contribution in [0, 0.1) is 0 Å². The van der Waals surface area contributed by atoms with Gasteiger partial charge < -0.3 is 0 Å². The zero-order valence-electron chi connectivity index (χ0n) is 17.9. The summed E-state index contributed by atoms with van der Waals surface area (Å²) >= 11 is 0.